The Balaban J connectivity index is 4.82. The van der Waals surface area contributed by atoms with Crippen LogP contribution in [-0.4, -0.2) is 60.4 Å². The minimum Gasteiger partial charge on any atom is -0.444 e. The van der Waals surface area contributed by atoms with Crippen molar-refractivity contribution in [2.24, 2.45) is 0 Å². The van der Waals surface area contributed by atoms with Gasteiger partial charge in [-0.15, -0.1) is 0 Å². The zero-order chi connectivity index (χ0) is 16.8. The third kappa shape index (κ3) is 6.69. The van der Waals surface area contributed by atoms with Crippen molar-refractivity contribution in [1.29, 1.82) is 0 Å². The molecular formula is C12H24N2O7. The van der Waals surface area contributed by atoms with Crippen LogP contribution in [0.15, 0.2) is 0 Å². The number of alkyl carbamates (subject to hydrolysis) is 1. The van der Waals surface area contributed by atoms with Crippen LogP contribution >= 0.6 is 0 Å². The molecule has 2 N–H and O–H groups in total. The van der Waals surface area contributed by atoms with Gasteiger partial charge in [0.2, 0.25) is 6.29 Å². The van der Waals surface area contributed by atoms with Gasteiger partial charge in [0, 0.05) is 19.1 Å². The van der Waals surface area contributed by atoms with E-state index in [0.717, 1.165) is 0 Å². The Morgan fingerprint density at radius 1 is 1.29 bits per heavy atom. The molecule has 0 rings (SSSR count). The summed E-state index contributed by atoms with van der Waals surface area (Å²) < 4.78 is 14.6. The van der Waals surface area contributed by atoms with Crippen molar-refractivity contribution in [3.63, 3.8) is 0 Å². The summed E-state index contributed by atoms with van der Waals surface area (Å²) in [6, 6.07) is -2.48. The van der Waals surface area contributed by atoms with E-state index in [9.17, 15) is 20.0 Å². The van der Waals surface area contributed by atoms with Crippen LogP contribution < -0.4 is 5.32 Å². The molecule has 3 atom stereocenters. The number of rotatable bonds is 7. The highest BCUT2D eigenvalue weighted by Crippen LogP contribution is 2.13. The fraction of sp³-hybridized carbons (Fsp3) is 0.917. The highest BCUT2D eigenvalue weighted by atomic mass is 16.7. The van der Waals surface area contributed by atoms with Crippen LogP contribution in [0.3, 0.4) is 0 Å². The molecule has 0 aliphatic rings. The lowest BCUT2D eigenvalue weighted by molar-refractivity contribution is -0.560. The second-order valence-corrected chi connectivity index (χ2v) is 5.54. The smallest absolute Gasteiger partial charge is 0.407 e. The van der Waals surface area contributed by atoms with Crippen molar-refractivity contribution < 1.29 is 29.0 Å². The molecule has 0 spiro atoms. The van der Waals surface area contributed by atoms with E-state index in [4.69, 9.17) is 14.2 Å². The highest BCUT2D eigenvalue weighted by Gasteiger charge is 2.42. The SMILES string of the molecule is COC(OC)[C@@H]([C@@H](O)[C@H](C)NC(=O)OC(C)(C)C)[N+](=O)[O-]. The average molecular weight is 308 g/mol. The van der Waals surface area contributed by atoms with Crippen molar-refractivity contribution >= 4 is 6.09 Å². The first-order chi connectivity index (χ1) is 9.53. The molecule has 0 aromatic rings. The summed E-state index contributed by atoms with van der Waals surface area (Å²) >= 11 is 0. The zero-order valence-corrected chi connectivity index (χ0v) is 13.2. The minimum absolute atomic E-state index is 0.709. The average Bonchev–Trinajstić information content (AvgIpc) is 2.31. The van der Waals surface area contributed by atoms with Gasteiger partial charge in [0.05, 0.1) is 6.04 Å². The number of nitro groups is 1. The fourth-order valence-electron chi connectivity index (χ4n) is 1.63. The Hall–Kier alpha value is -1.45. The standard InChI is InChI=1S/C12H24N2O7/c1-7(13-11(16)21-12(2,3)4)9(15)8(14(17)18)10(19-5)20-6/h7-10,15H,1-6H3,(H,13,16)/t7-,8+,9-/m0/s1. The Kier molecular flexibility index (Phi) is 7.55. The van der Waals surface area contributed by atoms with E-state index in [-0.39, 0.29) is 0 Å². The quantitative estimate of drug-likeness (QED) is 0.399. The summed E-state index contributed by atoms with van der Waals surface area (Å²) in [5, 5.41) is 23.5. The summed E-state index contributed by atoms with van der Waals surface area (Å²) in [5.74, 6) is 0. The minimum atomic E-state index is -1.55. The van der Waals surface area contributed by atoms with Crippen LogP contribution in [0.5, 0.6) is 0 Å². The number of hydrogen-bond acceptors (Lipinski definition) is 7. The lowest BCUT2D eigenvalue weighted by Gasteiger charge is -2.27. The molecule has 0 aliphatic carbocycles. The number of amides is 1. The Bertz CT molecular complexity index is 352. The largest absolute Gasteiger partial charge is 0.444 e. The molecule has 0 aliphatic heterocycles. The zero-order valence-electron chi connectivity index (χ0n) is 13.2. The van der Waals surface area contributed by atoms with Crippen LogP contribution in [-0.2, 0) is 14.2 Å². The molecule has 9 heteroatoms. The number of methoxy groups -OCH3 is 2. The van der Waals surface area contributed by atoms with Crippen molar-refractivity contribution in [3.8, 4) is 0 Å². The van der Waals surface area contributed by atoms with Gasteiger partial charge in [0.25, 0.3) is 6.04 Å². The third-order valence-corrected chi connectivity index (χ3v) is 2.59. The molecule has 1 amide bonds. The van der Waals surface area contributed by atoms with E-state index in [1.165, 1.54) is 21.1 Å². The predicted molar refractivity (Wildman–Crippen MR) is 73.4 cm³/mol. The van der Waals surface area contributed by atoms with E-state index in [1.54, 1.807) is 20.8 Å². The topological polar surface area (TPSA) is 120 Å². The van der Waals surface area contributed by atoms with E-state index in [2.05, 4.69) is 5.32 Å². The summed E-state index contributed by atoms with van der Waals surface area (Å²) in [5.41, 5.74) is -0.709. The number of aliphatic hydroxyl groups is 1. The van der Waals surface area contributed by atoms with Crippen molar-refractivity contribution in [1.82, 2.24) is 5.32 Å². The van der Waals surface area contributed by atoms with Crippen LogP contribution in [0, 0.1) is 10.1 Å². The molecular weight excluding hydrogens is 284 g/mol. The van der Waals surface area contributed by atoms with E-state index < -0.39 is 41.1 Å². The Labute approximate surface area is 123 Å². The molecule has 0 bridgehead atoms. The summed E-state index contributed by atoms with van der Waals surface area (Å²) in [7, 11) is 2.45. The maximum Gasteiger partial charge on any atom is 0.407 e. The summed E-state index contributed by atoms with van der Waals surface area (Å²) in [6.07, 6.45) is -3.53. The van der Waals surface area contributed by atoms with E-state index >= 15 is 0 Å². The van der Waals surface area contributed by atoms with Gasteiger partial charge in [-0.3, -0.25) is 10.1 Å². The maximum absolute atomic E-state index is 11.6. The molecule has 0 heterocycles. The molecule has 0 unspecified atom stereocenters. The van der Waals surface area contributed by atoms with E-state index in [1.807, 2.05) is 0 Å². The normalized spacial score (nSPS) is 16.2. The van der Waals surface area contributed by atoms with Gasteiger partial charge in [-0.1, -0.05) is 0 Å². The van der Waals surface area contributed by atoms with Gasteiger partial charge < -0.3 is 24.6 Å². The molecule has 124 valence electrons. The molecule has 0 fully saturated rings. The number of ether oxygens (including phenoxy) is 3. The van der Waals surface area contributed by atoms with Crippen LogP contribution in [0.25, 0.3) is 0 Å². The highest BCUT2D eigenvalue weighted by molar-refractivity contribution is 5.68. The Morgan fingerprint density at radius 2 is 1.76 bits per heavy atom. The lowest BCUT2D eigenvalue weighted by atomic mass is 10.0. The molecule has 0 radical (unpaired) electrons. The van der Waals surface area contributed by atoms with Gasteiger partial charge in [-0.2, -0.15) is 0 Å². The number of nitrogens with one attached hydrogen (secondary N) is 1. The molecule has 0 saturated carbocycles. The van der Waals surface area contributed by atoms with Crippen molar-refractivity contribution in [3.05, 3.63) is 10.1 Å². The second-order valence-electron chi connectivity index (χ2n) is 5.54. The van der Waals surface area contributed by atoms with Gasteiger partial charge in [0.15, 0.2) is 0 Å². The molecule has 0 saturated heterocycles. The summed E-state index contributed by atoms with van der Waals surface area (Å²) in [6.45, 7) is 6.46. The first-order valence-electron chi connectivity index (χ1n) is 6.40. The number of carbonyl (C=O) groups is 1. The van der Waals surface area contributed by atoms with Gasteiger partial charge in [-0.25, -0.2) is 4.79 Å². The van der Waals surface area contributed by atoms with Crippen LogP contribution in [0.1, 0.15) is 27.7 Å². The number of hydrogen-bond donors (Lipinski definition) is 2. The van der Waals surface area contributed by atoms with Crippen LogP contribution in [0.4, 0.5) is 4.79 Å². The first kappa shape index (κ1) is 19.6. The lowest BCUT2D eigenvalue weighted by Crippen LogP contribution is -2.55. The van der Waals surface area contributed by atoms with Crippen molar-refractivity contribution in [2.45, 2.75) is 57.8 Å². The first-order valence-corrected chi connectivity index (χ1v) is 6.40. The molecule has 21 heavy (non-hydrogen) atoms. The molecule has 0 aromatic carbocycles. The second kappa shape index (κ2) is 8.11. The van der Waals surface area contributed by atoms with Gasteiger partial charge >= 0.3 is 6.09 Å². The fourth-order valence-corrected chi connectivity index (χ4v) is 1.63. The molecule has 9 nitrogen and oxygen atoms in total. The Morgan fingerprint density at radius 3 is 2.10 bits per heavy atom. The van der Waals surface area contributed by atoms with Gasteiger partial charge in [-0.05, 0) is 27.7 Å². The predicted octanol–water partition coefficient (Wildman–Crippen LogP) is 0.525. The number of nitrogens with zero attached hydrogens (tertiary/aromatic N) is 1. The van der Waals surface area contributed by atoms with E-state index in [0.29, 0.717) is 0 Å². The van der Waals surface area contributed by atoms with Crippen molar-refractivity contribution in [2.75, 3.05) is 14.2 Å². The van der Waals surface area contributed by atoms with Gasteiger partial charge in [0.1, 0.15) is 11.7 Å². The third-order valence-electron chi connectivity index (χ3n) is 2.59. The number of aliphatic hydroxyl groups excluding tert-OH is 1. The monoisotopic (exact) mass is 308 g/mol. The maximum atomic E-state index is 11.6. The number of carbonyl (C=O) groups excluding carboxylic acids is 1. The summed E-state index contributed by atoms with van der Waals surface area (Å²) in [4.78, 5) is 21.9. The molecule has 0 aromatic heterocycles. The van der Waals surface area contributed by atoms with Crippen LogP contribution in [0.2, 0.25) is 0 Å².